The Labute approximate surface area is 257 Å². The summed E-state index contributed by atoms with van der Waals surface area (Å²) in [5.41, 5.74) is -1.88. The number of aliphatic carboxylic acids is 1. The van der Waals surface area contributed by atoms with Crippen LogP contribution in [0.5, 0.6) is 0 Å². The molecule has 8 unspecified atom stereocenters. The van der Waals surface area contributed by atoms with Crippen LogP contribution in [0, 0.1) is 34.5 Å². The topological polar surface area (TPSA) is 196 Å². The summed E-state index contributed by atoms with van der Waals surface area (Å²) >= 11 is 0. The summed E-state index contributed by atoms with van der Waals surface area (Å²) in [6.45, 7) is 6.13. The highest BCUT2D eigenvalue weighted by atomic mass is 16.5. The van der Waals surface area contributed by atoms with E-state index in [2.05, 4.69) is 17.6 Å². The Bertz CT molecular complexity index is 1250. The minimum absolute atomic E-state index is 0.0104. The number of aliphatic hydroxyl groups excluding tert-OH is 1. The lowest BCUT2D eigenvalue weighted by Crippen LogP contribution is -2.62. The molecule has 4 aliphatic rings. The molecule has 4 rings (SSSR count). The molecule has 0 aliphatic heterocycles. The fourth-order valence-electron chi connectivity index (χ4n) is 8.71. The molecule has 12 heteroatoms. The van der Waals surface area contributed by atoms with Crippen molar-refractivity contribution in [3.8, 4) is 0 Å². The van der Waals surface area contributed by atoms with E-state index in [1.165, 1.54) is 0 Å². The monoisotopic (exact) mass is 618 g/mol. The molecule has 0 aromatic heterocycles. The Kier molecular flexibility index (Phi) is 9.75. The average Bonchev–Trinajstić information content (AvgIpc) is 3.22. The number of carbonyl (C=O) groups excluding carboxylic acids is 5. The van der Waals surface area contributed by atoms with Gasteiger partial charge in [0.25, 0.3) is 0 Å². The van der Waals surface area contributed by atoms with Crippen LogP contribution >= 0.6 is 0 Å². The number of rotatable bonds is 11. The van der Waals surface area contributed by atoms with Crippen LogP contribution in [-0.2, 0) is 33.5 Å². The molecular weight excluding hydrogens is 572 g/mol. The van der Waals surface area contributed by atoms with Gasteiger partial charge in [-0.25, -0.2) is 4.79 Å². The van der Waals surface area contributed by atoms with Gasteiger partial charge in [0, 0.05) is 18.3 Å². The highest BCUT2D eigenvalue weighted by Crippen LogP contribution is 2.67. The number of ether oxygens (including phenoxy) is 1. The maximum Gasteiger partial charge on any atom is 0.326 e. The van der Waals surface area contributed by atoms with Gasteiger partial charge in [-0.1, -0.05) is 33.3 Å². The van der Waals surface area contributed by atoms with Crippen LogP contribution in [0.4, 0.5) is 0 Å². The smallest absolute Gasteiger partial charge is 0.326 e. The molecule has 5 N–H and O–H groups in total. The van der Waals surface area contributed by atoms with Gasteiger partial charge in [-0.2, -0.15) is 0 Å². The number of nitrogens with one attached hydrogen (secondary N) is 2. The molecular formula is C32H46N2O10. The first-order valence-electron chi connectivity index (χ1n) is 15.7. The quantitative estimate of drug-likeness (QED) is 0.211. The first-order chi connectivity index (χ1) is 20.5. The van der Waals surface area contributed by atoms with E-state index in [1.54, 1.807) is 19.9 Å². The molecule has 8 atom stereocenters. The lowest BCUT2D eigenvalue weighted by Gasteiger charge is -2.60. The molecule has 0 aromatic carbocycles. The number of carboxylic acid groups (broad SMARTS) is 1. The third-order valence-electron chi connectivity index (χ3n) is 11.1. The van der Waals surface area contributed by atoms with E-state index in [0.29, 0.717) is 19.3 Å². The number of hydrogen-bond acceptors (Lipinski definition) is 9. The Balaban J connectivity index is 1.29. The van der Waals surface area contributed by atoms with Crippen LogP contribution < -0.4 is 10.6 Å². The Morgan fingerprint density at radius 3 is 2.41 bits per heavy atom. The number of carbonyl (C=O) groups is 6. The second kappa shape index (κ2) is 12.7. The molecule has 0 heterocycles. The van der Waals surface area contributed by atoms with Crippen molar-refractivity contribution in [2.75, 3.05) is 13.2 Å². The van der Waals surface area contributed by atoms with Crippen molar-refractivity contribution in [3.05, 3.63) is 11.6 Å². The van der Waals surface area contributed by atoms with Crippen molar-refractivity contribution >= 4 is 35.3 Å². The summed E-state index contributed by atoms with van der Waals surface area (Å²) < 4.78 is 5.14. The summed E-state index contributed by atoms with van der Waals surface area (Å²) in [5, 5.41) is 37.1. The minimum atomic E-state index is -1.78. The normalized spacial score (nSPS) is 35.0. The van der Waals surface area contributed by atoms with E-state index in [-0.39, 0.29) is 60.6 Å². The van der Waals surface area contributed by atoms with Crippen molar-refractivity contribution < 1.29 is 48.8 Å². The molecule has 0 bridgehead atoms. The van der Waals surface area contributed by atoms with Gasteiger partial charge in [0.1, 0.15) is 11.6 Å². The highest BCUT2D eigenvalue weighted by molar-refractivity contribution is 5.92. The Hall–Kier alpha value is -3.12. The third-order valence-corrected chi connectivity index (χ3v) is 11.1. The van der Waals surface area contributed by atoms with Crippen LogP contribution in [0.3, 0.4) is 0 Å². The van der Waals surface area contributed by atoms with Crippen molar-refractivity contribution in [1.82, 2.24) is 10.6 Å². The number of carboxylic acids is 1. The number of hydrogen-bond donors (Lipinski definition) is 5. The minimum Gasteiger partial charge on any atom is -0.480 e. The van der Waals surface area contributed by atoms with E-state index in [0.717, 1.165) is 18.4 Å². The summed E-state index contributed by atoms with van der Waals surface area (Å²) in [5.74, 6) is -4.16. The molecule has 44 heavy (non-hydrogen) atoms. The summed E-state index contributed by atoms with van der Waals surface area (Å²) in [6.07, 6.45) is 4.02. The third kappa shape index (κ3) is 6.20. The maximum atomic E-state index is 13.4. The van der Waals surface area contributed by atoms with Crippen molar-refractivity contribution in [2.24, 2.45) is 34.5 Å². The van der Waals surface area contributed by atoms with Gasteiger partial charge in [0.05, 0.1) is 19.1 Å². The summed E-state index contributed by atoms with van der Waals surface area (Å²) in [4.78, 5) is 73.2. The van der Waals surface area contributed by atoms with E-state index in [1.807, 2.05) is 6.92 Å². The van der Waals surface area contributed by atoms with Crippen LogP contribution in [-0.4, -0.2) is 81.5 Å². The lowest BCUT2D eigenvalue weighted by molar-refractivity contribution is -0.184. The predicted octanol–water partition coefficient (Wildman–Crippen LogP) is 1.45. The van der Waals surface area contributed by atoms with Crippen molar-refractivity contribution in [2.45, 2.75) is 103 Å². The molecule has 12 nitrogen and oxygen atoms in total. The largest absolute Gasteiger partial charge is 0.480 e. The lowest BCUT2D eigenvalue weighted by atomic mass is 9.45. The van der Waals surface area contributed by atoms with Gasteiger partial charge in [0.2, 0.25) is 17.6 Å². The summed E-state index contributed by atoms with van der Waals surface area (Å²) in [6, 6.07) is -1.10. The summed E-state index contributed by atoms with van der Waals surface area (Å²) in [7, 11) is 0. The maximum absolute atomic E-state index is 13.4. The molecule has 3 fully saturated rings. The molecule has 0 aromatic rings. The number of fused-ring (bicyclic) bond motifs is 5. The number of amides is 2. The van der Waals surface area contributed by atoms with E-state index < -0.39 is 65.8 Å². The van der Waals surface area contributed by atoms with Crippen molar-refractivity contribution in [1.29, 1.82) is 0 Å². The van der Waals surface area contributed by atoms with Gasteiger partial charge >= 0.3 is 11.9 Å². The standard InChI is InChI=1S/C32H46N2O10/c1-17(2)28(29(41)42)34-25(39)15-33-24(38)7-8-26(40)44-16-23(37)32(43)12-10-21-20-6-5-18-13-19(35)9-11-30(18,3)27(20)22(36)14-31(21,32)4/h13,17,20-22,27-28,36,43H,5-12,14-16H2,1-4H3,(H,33,38)(H,34,39)(H,41,42). The van der Waals surface area contributed by atoms with Gasteiger partial charge < -0.3 is 30.7 Å². The van der Waals surface area contributed by atoms with Gasteiger partial charge in [0.15, 0.2) is 12.4 Å². The first-order valence-corrected chi connectivity index (χ1v) is 15.7. The zero-order chi connectivity index (χ0) is 32.6. The molecule has 2 amide bonds. The fraction of sp³-hybridized carbons (Fsp3) is 0.750. The van der Waals surface area contributed by atoms with Crippen LogP contribution in [0.15, 0.2) is 11.6 Å². The Morgan fingerprint density at radius 1 is 1.05 bits per heavy atom. The molecule has 3 saturated carbocycles. The van der Waals surface area contributed by atoms with Gasteiger partial charge in [-0.15, -0.1) is 0 Å². The van der Waals surface area contributed by atoms with Crippen LogP contribution in [0.25, 0.3) is 0 Å². The molecule has 0 saturated heterocycles. The average molecular weight is 619 g/mol. The molecule has 4 aliphatic carbocycles. The first kappa shape index (κ1) is 33.8. The van der Waals surface area contributed by atoms with E-state index >= 15 is 0 Å². The molecule has 0 spiro atoms. The fourth-order valence-corrected chi connectivity index (χ4v) is 8.71. The zero-order valence-electron chi connectivity index (χ0n) is 26.0. The van der Waals surface area contributed by atoms with Gasteiger partial charge in [-0.05, 0) is 73.7 Å². The second-order valence-corrected chi connectivity index (χ2v) is 14.0. The van der Waals surface area contributed by atoms with E-state index in [9.17, 15) is 39.0 Å². The van der Waals surface area contributed by atoms with E-state index in [4.69, 9.17) is 9.84 Å². The molecule has 244 valence electrons. The molecule has 0 radical (unpaired) electrons. The van der Waals surface area contributed by atoms with Crippen molar-refractivity contribution in [3.63, 3.8) is 0 Å². The Morgan fingerprint density at radius 2 is 1.75 bits per heavy atom. The zero-order valence-corrected chi connectivity index (χ0v) is 26.0. The highest BCUT2D eigenvalue weighted by Gasteiger charge is 2.68. The predicted molar refractivity (Wildman–Crippen MR) is 156 cm³/mol. The second-order valence-electron chi connectivity index (χ2n) is 14.0. The number of Topliss-reactive ketones (excluding diaryl/α,β-unsaturated/α-hetero) is 1. The number of esters is 1. The number of allylic oxidation sites excluding steroid dienone is 1. The number of aliphatic hydroxyl groups is 2. The SMILES string of the molecule is CC(C)C(NC(=O)CNC(=O)CCC(=O)OCC(=O)C1(O)CCC2C3CCC4=CC(=O)CCC4(C)C3C(O)CC21C)C(=O)O. The number of ketones is 2. The van der Waals surface area contributed by atoms with Crippen LogP contribution in [0.1, 0.15) is 85.5 Å². The van der Waals surface area contributed by atoms with Crippen LogP contribution in [0.2, 0.25) is 0 Å². The van der Waals surface area contributed by atoms with Gasteiger partial charge in [-0.3, -0.25) is 24.0 Å².